The van der Waals surface area contributed by atoms with Crippen LogP contribution in [0.15, 0.2) is 170 Å². The molecule has 0 saturated carbocycles. The summed E-state index contributed by atoms with van der Waals surface area (Å²) in [6.45, 7) is 20.2. The van der Waals surface area contributed by atoms with Gasteiger partial charge in [-0.2, -0.15) is 6.07 Å². The molecule has 0 fully saturated rings. The van der Waals surface area contributed by atoms with Crippen molar-refractivity contribution >= 4 is 44.6 Å². The molecular formula is C59H53N4OPt-3. The van der Waals surface area contributed by atoms with Crippen LogP contribution < -0.4 is 14.5 Å². The number of ether oxygens (including phenoxy) is 1. The number of para-hydroxylation sites is 2. The Balaban J connectivity index is 0.00000533. The van der Waals surface area contributed by atoms with Crippen molar-refractivity contribution in [2.24, 2.45) is 0 Å². The second kappa shape index (κ2) is 16.9. The van der Waals surface area contributed by atoms with Gasteiger partial charge in [0.15, 0.2) is 0 Å². The van der Waals surface area contributed by atoms with Crippen molar-refractivity contribution in [2.45, 2.75) is 71.6 Å². The molecule has 5 nitrogen and oxygen atoms in total. The minimum absolute atomic E-state index is 0. The SMILES string of the molecule is CC(C)(C)c1ccc(N2[CH-]N(c3[c-]c(Oc4[c-]c5c(cc4)c4cc(-c6ccccc6)ccc4n5-c4cc(C(C)(C)C)ccn4)cc(C(C)(C)c4ccccc4)c3)c3ccccc32)cc1.[Pt]. The van der Waals surface area contributed by atoms with E-state index in [1.165, 1.54) is 22.3 Å². The van der Waals surface area contributed by atoms with Crippen molar-refractivity contribution in [2.75, 3.05) is 9.80 Å². The molecule has 0 N–H and O–H groups in total. The second-order valence-corrected chi connectivity index (χ2v) is 19.5. The number of benzene rings is 7. The molecule has 0 amide bonds. The molecule has 65 heavy (non-hydrogen) atoms. The van der Waals surface area contributed by atoms with Crippen molar-refractivity contribution in [1.82, 2.24) is 9.55 Å². The quantitative estimate of drug-likeness (QED) is 0.142. The molecule has 9 aromatic rings. The zero-order chi connectivity index (χ0) is 44.4. The van der Waals surface area contributed by atoms with Gasteiger partial charge in [-0.25, -0.2) is 4.98 Å². The summed E-state index contributed by atoms with van der Waals surface area (Å²) < 4.78 is 9.19. The number of rotatable bonds is 8. The normalized spacial score (nSPS) is 13.0. The van der Waals surface area contributed by atoms with Crippen LogP contribution in [0.1, 0.15) is 77.6 Å². The molecule has 1 aliphatic heterocycles. The molecular weight excluding hydrogens is 976 g/mol. The molecule has 1 aliphatic rings. The minimum Gasteiger partial charge on any atom is -0.509 e. The molecule has 0 unspecified atom stereocenters. The van der Waals surface area contributed by atoms with E-state index in [0.29, 0.717) is 11.5 Å². The summed E-state index contributed by atoms with van der Waals surface area (Å²) in [5.74, 6) is 2.04. The summed E-state index contributed by atoms with van der Waals surface area (Å²) in [6.07, 6.45) is 1.92. The molecule has 0 spiro atoms. The Morgan fingerprint density at radius 3 is 1.86 bits per heavy atom. The van der Waals surface area contributed by atoms with Crippen LogP contribution in [0.25, 0.3) is 38.8 Å². The number of hydrogen-bond donors (Lipinski definition) is 0. The van der Waals surface area contributed by atoms with Crippen LogP contribution in [0.5, 0.6) is 11.5 Å². The number of nitrogens with zero attached hydrogens (tertiary/aromatic N) is 4. The Morgan fingerprint density at radius 1 is 0.508 bits per heavy atom. The summed E-state index contributed by atoms with van der Waals surface area (Å²) in [7, 11) is 0. The van der Waals surface area contributed by atoms with Gasteiger partial charge >= 0.3 is 0 Å². The fourth-order valence-electron chi connectivity index (χ4n) is 8.88. The van der Waals surface area contributed by atoms with Crippen LogP contribution in [0.3, 0.4) is 0 Å². The first-order chi connectivity index (χ1) is 30.7. The van der Waals surface area contributed by atoms with Gasteiger partial charge in [0.05, 0.1) is 0 Å². The van der Waals surface area contributed by atoms with Gasteiger partial charge in [0.2, 0.25) is 0 Å². The van der Waals surface area contributed by atoms with Crippen LogP contribution in [0, 0.1) is 18.8 Å². The van der Waals surface area contributed by atoms with Crippen molar-refractivity contribution in [3.05, 3.63) is 211 Å². The third-order valence-electron chi connectivity index (χ3n) is 12.8. The molecule has 2 aromatic heterocycles. The van der Waals surface area contributed by atoms with Gasteiger partial charge in [-0.05, 0) is 91.9 Å². The molecule has 0 bridgehead atoms. The number of anilines is 4. The number of fused-ring (bicyclic) bond motifs is 4. The van der Waals surface area contributed by atoms with E-state index in [4.69, 9.17) is 9.72 Å². The van der Waals surface area contributed by atoms with E-state index in [0.717, 1.165) is 61.5 Å². The first kappa shape index (κ1) is 43.8. The Kier molecular flexibility index (Phi) is 11.4. The van der Waals surface area contributed by atoms with Crippen molar-refractivity contribution < 1.29 is 25.8 Å². The molecule has 0 radical (unpaired) electrons. The largest absolute Gasteiger partial charge is 0.509 e. The first-order valence-corrected chi connectivity index (χ1v) is 22.2. The number of aromatic nitrogens is 2. The van der Waals surface area contributed by atoms with E-state index in [9.17, 15) is 0 Å². The standard InChI is InChI=1S/C59H53N4O.Pt/c1-57(2,3)42-24-26-46(27-25-42)61-39-62(54-22-16-15-21-53(54)61)47-34-45(59(7,8)43-19-13-10-14-20-43)35-49(37-47)64-48-28-29-50-51-33-41(40-17-11-9-12-18-40)23-30-52(51)63(55(50)38-48)56-36-44(31-32-60-56)58(4,5)6;/h9-36,39H,1-8H3;/q-3;. The van der Waals surface area contributed by atoms with Gasteiger partial charge in [-0.15, -0.1) is 53.6 Å². The topological polar surface area (TPSA) is 33.5 Å². The maximum Gasteiger partial charge on any atom is 0.135 e. The van der Waals surface area contributed by atoms with Gasteiger partial charge in [0.25, 0.3) is 0 Å². The fraction of sp³-hybridized carbons (Fsp3) is 0.186. The molecule has 10 rings (SSSR count). The number of pyridine rings is 1. The maximum absolute atomic E-state index is 6.96. The predicted octanol–water partition coefficient (Wildman–Crippen LogP) is 15.6. The summed E-state index contributed by atoms with van der Waals surface area (Å²) in [5.41, 5.74) is 12.9. The Bertz CT molecular complexity index is 3160. The zero-order valence-corrected chi connectivity index (χ0v) is 40.5. The van der Waals surface area contributed by atoms with Crippen LogP contribution >= 0.6 is 0 Å². The second-order valence-electron chi connectivity index (χ2n) is 19.5. The van der Waals surface area contributed by atoms with E-state index in [2.05, 4.69) is 246 Å². The van der Waals surface area contributed by atoms with E-state index in [1.807, 2.05) is 12.3 Å². The van der Waals surface area contributed by atoms with Crippen LogP contribution in [0.4, 0.5) is 22.7 Å². The van der Waals surface area contributed by atoms with Crippen LogP contribution in [0.2, 0.25) is 0 Å². The van der Waals surface area contributed by atoms with E-state index < -0.39 is 0 Å². The van der Waals surface area contributed by atoms with Gasteiger partial charge < -0.3 is 19.1 Å². The smallest absolute Gasteiger partial charge is 0.135 e. The summed E-state index contributed by atoms with van der Waals surface area (Å²) in [5, 5.41) is 2.20. The van der Waals surface area contributed by atoms with Crippen LogP contribution in [-0.2, 0) is 37.3 Å². The van der Waals surface area contributed by atoms with Gasteiger partial charge in [-0.3, -0.25) is 0 Å². The maximum atomic E-state index is 6.96. The van der Waals surface area contributed by atoms with Gasteiger partial charge in [-0.1, -0.05) is 158 Å². The Labute approximate surface area is 398 Å². The molecule has 3 heterocycles. The summed E-state index contributed by atoms with van der Waals surface area (Å²) in [6, 6.07) is 65.7. The van der Waals surface area contributed by atoms with E-state index in [1.54, 1.807) is 0 Å². The third kappa shape index (κ3) is 8.28. The average molecular weight is 1030 g/mol. The average Bonchev–Trinajstić information content (AvgIpc) is 3.85. The Hall–Kier alpha value is -6.42. The van der Waals surface area contributed by atoms with Crippen molar-refractivity contribution in [1.29, 1.82) is 0 Å². The third-order valence-corrected chi connectivity index (χ3v) is 12.8. The van der Waals surface area contributed by atoms with Gasteiger partial charge in [0.1, 0.15) is 5.82 Å². The Morgan fingerprint density at radius 2 is 1.17 bits per heavy atom. The summed E-state index contributed by atoms with van der Waals surface area (Å²) in [4.78, 5) is 9.45. The molecule has 7 aromatic carbocycles. The predicted molar refractivity (Wildman–Crippen MR) is 266 cm³/mol. The minimum atomic E-state index is -0.356. The molecule has 6 heteroatoms. The molecule has 0 saturated heterocycles. The van der Waals surface area contributed by atoms with Gasteiger partial charge in [0, 0.05) is 61.3 Å². The van der Waals surface area contributed by atoms with Crippen molar-refractivity contribution in [3.8, 4) is 28.4 Å². The first-order valence-electron chi connectivity index (χ1n) is 22.2. The fourth-order valence-corrected chi connectivity index (χ4v) is 8.88. The molecule has 0 atom stereocenters. The molecule has 328 valence electrons. The zero-order valence-electron chi connectivity index (χ0n) is 38.3. The van der Waals surface area contributed by atoms with Crippen LogP contribution in [-0.4, -0.2) is 9.55 Å². The van der Waals surface area contributed by atoms with Crippen molar-refractivity contribution in [3.63, 3.8) is 0 Å². The number of hydrogen-bond acceptors (Lipinski definition) is 4. The van der Waals surface area contributed by atoms with E-state index in [-0.39, 0.29) is 37.3 Å². The summed E-state index contributed by atoms with van der Waals surface area (Å²) >= 11 is 0. The van der Waals surface area contributed by atoms with E-state index >= 15 is 0 Å². The monoisotopic (exact) mass is 1030 g/mol. The molecule has 0 aliphatic carbocycles.